The number of hydrogen-bond acceptors (Lipinski definition) is 3. The van der Waals surface area contributed by atoms with Crippen LogP contribution in [-0.2, 0) is 16.1 Å². The molecule has 116 valence electrons. The van der Waals surface area contributed by atoms with Crippen LogP contribution in [0.3, 0.4) is 0 Å². The van der Waals surface area contributed by atoms with Gasteiger partial charge in [-0.25, -0.2) is 0 Å². The zero-order chi connectivity index (χ0) is 15.5. The molecule has 5 heteroatoms. The Kier molecular flexibility index (Phi) is 4.43. The van der Waals surface area contributed by atoms with Crippen LogP contribution in [0, 0.1) is 5.92 Å². The minimum atomic E-state index is 0.0324. The summed E-state index contributed by atoms with van der Waals surface area (Å²) in [5.74, 6) is 0.245. The highest BCUT2D eigenvalue weighted by molar-refractivity contribution is 7.19. The average Bonchev–Trinajstić information content (AvgIpc) is 2.95. The van der Waals surface area contributed by atoms with Gasteiger partial charge >= 0.3 is 0 Å². The predicted octanol–water partition coefficient (Wildman–Crippen LogP) is 2.78. The summed E-state index contributed by atoms with van der Waals surface area (Å²) in [7, 11) is 0. The molecule has 2 aromatic rings. The summed E-state index contributed by atoms with van der Waals surface area (Å²) in [6.45, 7) is 3.56. The summed E-state index contributed by atoms with van der Waals surface area (Å²) < 4.78 is 1.25. The van der Waals surface area contributed by atoms with Crippen molar-refractivity contribution in [2.75, 3.05) is 13.1 Å². The Morgan fingerprint density at radius 1 is 1.27 bits per heavy atom. The third-order valence-electron chi connectivity index (χ3n) is 4.22. The number of nitrogens with zero attached hydrogens (tertiary/aromatic N) is 1. The van der Waals surface area contributed by atoms with Crippen LogP contribution in [0.5, 0.6) is 0 Å². The van der Waals surface area contributed by atoms with E-state index in [1.807, 2.05) is 17.0 Å². The topological polar surface area (TPSA) is 49.4 Å². The lowest BCUT2D eigenvalue weighted by Crippen LogP contribution is -2.42. The van der Waals surface area contributed by atoms with Crippen LogP contribution in [0.1, 0.15) is 24.6 Å². The van der Waals surface area contributed by atoms with Gasteiger partial charge < -0.3 is 10.2 Å². The summed E-state index contributed by atoms with van der Waals surface area (Å²) in [6, 6.07) is 10.4. The zero-order valence-corrected chi connectivity index (χ0v) is 13.5. The van der Waals surface area contributed by atoms with E-state index in [0.717, 1.165) is 12.8 Å². The molecule has 22 heavy (non-hydrogen) atoms. The van der Waals surface area contributed by atoms with Gasteiger partial charge in [0.25, 0.3) is 0 Å². The van der Waals surface area contributed by atoms with Crippen LogP contribution >= 0.6 is 11.3 Å². The minimum Gasteiger partial charge on any atom is -0.351 e. The summed E-state index contributed by atoms with van der Waals surface area (Å²) in [6.07, 6.45) is 1.52. The molecule has 1 fully saturated rings. The van der Waals surface area contributed by atoms with Crippen LogP contribution in [0.25, 0.3) is 10.1 Å². The molecule has 0 radical (unpaired) electrons. The van der Waals surface area contributed by atoms with Crippen molar-refractivity contribution in [3.05, 3.63) is 35.2 Å². The van der Waals surface area contributed by atoms with Gasteiger partial charge in [0, 0.05) is 35.5 Å². The smallest absolute Gasteiger partial charge is 0.223 e. The Balaban J connectivity index is 1.53. The molecule has 2 heterocycles. The third-order valence-corrected chi connectivity index (χ3v) is 5.34. The first kappa shape index (κ1) is 15.0. The Morgan fingerprint density at radius 2 is 2.00 bits per heavy atom. The molecule has 1 saturated heterocycles. The SMILES string of the molecule is CC(=O)N1CCC(C(=O)NCc2cc3ccccc3s2)CC1. The second kappa shape index (κ2) is 6.48. The molecule has 1 aliphatic heterocycles. The van der Waals surface area contributed by atoms with Crippen molar-refractivity contribution in [2.45, 2.75) is 26.3 Å². The fourth-order valence-electron chi connectivity index (χ4n) is 2.90. The molecule has 1 aliphatic rings. The summed E-state index contributed by atoms with van der Waals surface area (Å²) in [4.78, 5) is 26.5. The maximum atomic E-state index is 12.3. The van der Waals surface area contributed by atoms with Gasteiger partial charge in [0.1, 0.15) is 0 Å². The maximum absolute atomic E-state index is 12.3. The summed E-state index contributed by atoms with van der Waals surface area (Å²) in [5, 5.41) is 4.27. The maximum Gasteiger partial charge on any atom is 0.223 e. The van der Waals surface area contributed by atoms with E-state index in [4.69, 9.17) is 0 Å². The highest BCUT2D eigenvalue weighted by Gasteiger charge is 2.25. The normalized spacial score (nSPS) is 16.0. The van der Waals surface area contributed by atoms with Crippen molar-refractivity contribution in [1.82, 2.24) is 10.2 Å². The van der Waals surface area contributed by atoms with Crippen molar-refractivity contribution in [3.63, 3.8) is 0 Å². The van der Waals surface area contributed by atoms with Crippen LogP contribution in [0.4, 0.5) is 0 Å². The molecule has 4 nitrogen and oxygen atoms in total. The Morgan fingerprint density at radius 3 is 2.68 bits per heavy atom. The van der Waals surface area contributed by atoms with E-state index < -0.39 is 0 Å². The van der Waals surface area contributed by atoms with Gasteiger partial charge in [-0.3, -0.25) is 9.59 Å². The third kappa shape index (κ3) is 3.30. The van der Waals surface area contributed by atoms with E-state index in [-0.39, 0.29) is 17.7 Å². The number of carbonyl (C=O) groups excluding carboxylic acids is 2. The first-order valence-electron chi connectivity index (χ1n) is 7.64. The van der Waals surface area contributed by atoms with Crippen molar-refractivity contribution in [2.24, 2.45) is 5.92 Å². The van der Waals surface area contributed by atoms with E-state index in [1.165, 1.54) is 15.0 Å². The van der Waals surface area contributed by atoms with Crippen LogP contribution in [0.15, 0.2) is 30.3 Å². The predicted molar refractivity (Wildman–Crippen MR) is 88.6 cm³/mol. The largest absolute Gasteiger partial charge is 0.351 e. The van der Waals surface area contributed by atoms with Gasteiger partial charge in [0.15, 0.2) is 0 Å². The number of piperidine rings is 1. The number of likely N-dealkylation sites (tertiary alicyclic amines) is 1. The number of thiophene rings is 1. The molecule has 2 amide bonds. The summed E-state index contributed by atoms with van der Waals surface area (Å²) in [5.41, 5.74) is 0. The number of hydrogen-bond donors (Lipinski definition) is 1. The molecule has 0 spiro atoms. The molecule has 0 unspecified atom stereocenters. The fourth-order valence-corrected chi connectivity index (χ4v) is 3.90. The van der Waals surface area contributed by atoms with E-state index in [1.54, 1.807) is 18.3 Å². The second-order valence-electron chi connectivity index (χ2n) is 5.75. The van der Waals surface area contributed by atoms with Crippen LogP contribution in [-0.4, -0.2) is 29.8 Å². The number of benzene rings is 1. The zero-order valence-electron chi connectivity index (χ0n) is 12.7. The van der Waals surface area contributed by atoms with Crippen molar-refractivity contribution < 1.29 is 9.59 Å². The lowest BCUT2D eigenvalue weighted by atomic mass is 9.96. The molecule has 0 saturated carbocycles. The molecule has 0 bridgehead atoms. The number of amides is 2. The molecule has 0 atom stereocenters. The highest BCUT2D eigenvalue weighted by Crippen LogP contribution is 2.25. The quantitative estimate of drug-likeness (QED) is 0.946. The number of fused-ring (bicyclic) bond motifs is 1. The van der Waals surface area contributed by atoms with Crippen molar-refractivity contribution in [3.8, 4) is 0 Å². The van der Waals surface area contributed by atoms with Gasteiger partial charge in [-0.2, -0.15) is 0 Å². The number of rotatable bonds is 3. The molecule has 0 aliphatic carbocycles. The molecular weight excluding hydrogens is 296 g/mol. The van der Waals surface area contributed by atoms with E-state index in [0.29, 0.717) is 19.6 Å². The molecule has 1 aromatic heterocycles. The Labute approximate surface area is 134 Å². The van der Waals surface area contributed by atoms with Crippen LogP contribution in [0.2, 0.25) is 0 Å². The number of carbonyl (C=O) groups is 2. The van der Waals surface area contributed by atoms with Gasteiger partial charge in [-0.1, -0.05) is 18.2 Å². The van der Waals surface area contributed by atoms with Crippen molar-refractivity contribution >= 4 is 33.2 Å². The fraction of sp³-hybridized carbons (Fsp3) is 0.412. The van der Waals surface area contributed by atoms with Gasteiger partial charge in [0.2, 0.25) is 11.8 Å². The Hall–Kier alpha value is -1.88. The molecule has 1 aromatic carbocycles. The molecule has 1 N–H and O–H groups in total. The first-order valence-corrected chi connectivity index (χ1v) is 8.46. The summed E-state index contributed by atoms with van der Waals surface area (Å²) >= 11 is 1.72. The van der Waals surface area contributed by atoms with Gasteiger partial charge in [0.05, 0.1) is 6.54 Å². The second-order valence-corrected chi connectivity index (χ2v) is 6.92. The number of nitrogens with one attached hydrogen (secondary N) is 1. The Bertz CT molecular complexity index is 654. The van der Waals surface area contributed by atoms with Crippen molar-refractivity contribution in [1.29, 1.82) is 0 Å². The van der Waals surface area contributed by atoms with Crippen LogP contribution < -0.4 is 5.32 Å². The standard InChI is InChI=1S/C17H20N2O2S/c1-12(20)19-8-6-13(7-9-19)17(21)18-11-15-10-14-4-2-3-5-16(14)22-15/h2-5,10,13H,6-9,11H2,1H3,(H,18,21). The van der Waals surface area contributed by atoms with Gasteiger partial charge in [-0.05, 0) is 30.4 Å². The van der Waals surface area contributed by atoms with E-state index in [2.05, 4.69) is 23.5 Å². The minimum absolute atomic E-state index is 0.0324. The lowest BCUT2D eigenvalue weighted by Gasteiger charge is -2.30. The monoisotopic (exact) mass is 316 g/mol. The first-order chi connectivity index (χ1) is 10.6. The molecule has 3 rings (SSSR count). The average molecular weight is 316 g/mol. The van der Waals surface area contributed by atoms with E-state index >= 15 is 0 Å². The highest BCUT2D eigenvalue weighted by atomic mass is 32.1. The lowest BCUT2D eigenvalue weighted by molar-refractivity contribution is -0.134. The van der Waals surface area contributed by atoms with E-state index in [9.17, 15) is 9.59 Å². The molecular formula is C17H20N2O2S. The van der Waals surface area contributed by atoms with Gasteiger partial charge in [-0.15, -0.1) is 11.3 Å².